The summed E-state index contributed by atoms with van der Waals surface area (Å²) < 4.78 is 15.4. The lowest BCUT2D eigenvalue weighted by atomic mass is 10.1. The van der Waals surface area contributed by atoms with Gasteiger partial charge in [0.2, 0.25) is 0 Å². The van der Waals surface area contributed by atoms with Gasteiger partial charge >= 0.3 is 0 Å². The van der Waals surface area contributed by atoms with Gasteiger partial charge in [-0.15, -0.1) is 0 Å². The van der Waals surface area contributed by atoms with Crippen LogP contribution in [-0.4, -0.2) is 22.9 Å². The van der Waals surface area contributed by atoms with Gasteiger partial charge in [0.25, 0.3) is 0 Å². The summed E-state index contributed by atoms with van der Waals surface area (Å²) in [7, 11) is 1.90. The van der Waals surface area contributed by atoms with Crippen molar-refractivity contribution in [3.8, 4) is 0 Å². The minimum atomic E-state index is -0.303. The minimum absolute atomic E-state index is 0.0422. The van der Waals surface area contributed by atoms with E-state index in [0.717, 1.165) is 24.1 Å². The minimum Gasteiger partial charge on any atom is -0.347 e. The lowest BCUT2D eigenvalue weighted by Crippen LogP contribution is -2.25. The average Bonchev–Trinajstić information content (AvgIpc) is 3.16. The van der Waals surface area contributed by atoms with Gasteiger partial charge in [-0.1, -0.05) is 0 Å². The predicted octanol–water partition coefficient (Wildman–Crippen LogP) is 2.56. The summed E-state index contributed by atoms with van der Waals surface area (Å²) >= 11 is 0. The molecule has 0 atom stereocenters. The molecule has 1 fully saturated rings. The highest BCUT2D eigenvalue weighted by atomic mass is 19.1. The van der Waals surface area contributed by atoms with Gasteiger partial charge in [-0.2, -0.15) is 0 Å². The summed E-state index contributed by atoms with van der Waals surface area (Å²) in [5.41, 5.74) is 2.43. The third kappa shape index (κ3) is 2.16. The quantitative estimate of drug-likeness (QED) is 0.857. The molecule has 1 aromatic carbocycles. The van der Waals surface area contributed by atoms with Crippen LogP contribution >= 0.6 is 0 Å². The van der Waals surface area contributed by atoms with Crippen molar-refractivity contribution in [2.24, 2.45) is 7.05 Å². The highest BCUT2D eigenvalue weighted by Crippen LogP contribution is 2.26. The van der Waals surface area contributed by atoms with Crippen LogP contribution in [-0.2, 0) is 7.05 Å². The third-order valence-electron chi connectivity index (χ3n) is 3.86. The summed E-state index contributed by atoms with van der Waals surface area (Å²) in [4.78, 5) is 12.3. The molecule has 0 amide bonds. The molecule has 1 saturated carbocycles. The smallest absolute Gasteiger partial charge is 0.179 e. The van der Waals surface area contributed by atoms with Gasteiger partial charge in [-0.3, -0.25) is 4.79 Å². The maximum atomic E-state index is 13.4. The molecule has 100 valence electrons. The van der Waals surface area contributed by atoms with Gasteiger partial charge in [0.05, 0.1) is 6.54 Å². The molecule has 0 bridgehead atoms. The van der Waals surface area contributed by atoms with Crippen molar-refractivity contribution in [3.63, 3.8) is 0 Å². The second-order valence-electron chi connectivity index (χ2n) is 5.26. The highest BCUT2D eigenvalue weighted by Gasteiger charge is 2.24. The molecule has 0 radical (unpaired) electrons. The fraction of sp³-hybridized carbons (Fsp3) is 0.400. The molecule has 1 heterocycles. The Kier molecular flexibility index (Phi) is 2.90. The number of nitrogens with one attached hydrogen (secondary N) is 1. The maximum Gasteiger partial charge on any atom is 0.179 e. The maximum absolute atomic E-state index is 13.4. The van der Waals surface area contributed by atoms with Gasteiger partial charge in [-0.05, 0) is 38.0 Å². The van der Waals surface area contributed by atoms with E-state index in [9.17, 15) is 9.18 Å². The van der Waals surface area contributed by atoms with Gasteiger partial charge in [0.15, 0.2) is 5.78 Å². The predicted molar refractivity (Wildman–Crippen MR) is 73.0 cm³/mol. The first-order valence-corrected chi connectivity index (χ1v) is 6.59. The number of aromatic nitrogens is 1. The van der Waals surface area contributed by atoms with Crippen molar-refractivity contribution in [2.75, 3.05) is 6.54 Å². The molecule has 0 saturated heterocycles. The van der Waals surface area contributed by atoms with Crippen molar-refractivity contribution in [2.45, 2.75) is 25.8 Å². The fourth-order valence-electron chi connectivity index (χ4n) is 2.51. The van der Waals surface area contributed by atoms with Gasteiger partial charge in [-0.25, -0.2) is 4.39 Å². The first kappa shape index (κ1) is 12.4. The van der Waals surface area contributed by atoms with Crippen LogP contribution in [0.2, 0.25) is 0 Å². The highest BCUT2D eigenvalue weighted by molar-refractivity contribution is 6.10. The van der Waals surface area contributed by atoms with E-state index < -0.39 is 0 Å². The Morgan fingerprint density at radius 2 is 2.21 bits per heavy atom. The zero-order chi connectivity index (χ0) is 13.6. The van der Waals surface area contributed by atoms with Crippen LogP contribution in [0.4, 0.5) is 4.39 Å². The largest absolute Gasteiger partial charge is 0.347 e. The molecule has 1 aromatic heterocycles. The number of halogens is 1. The number of aryl methyl sites for hydroxylation is 1. The number of nitrogens with zero attached hydrogens (tertiary/aromatic N) is 1. The van der Waals surface area contributed by atoms with Gasteiger partial charge in [0.1, 0.15) is 5.82 Å². The number of Topliss-reactive ketones (excluding diaryl/α,β-unsaturated/α-hetero) is 1. The first-order valence-electron chi connectivity index (χ1n) is 6.59. The molecule has 3 rings (SSSR count). The second-order valence-corrected chi connectivity index (χ2v) is 5.26. The van der Waals surface area contributed by atoms with Crippen molar-refractivity contribution in [1.82, 2.24) is 9.88 Å². The van der Waals surface area contributed by atoms with Crippen LogP contribution in [0, 0.1) is 12.7 Å². The van der Waals surface area contributed by atoms with Crippen LogP contribution in [0.25, 0.3) is 10.9 Å². The molecular weight excluding hydrogens is 243 g/mol. The molecule has 4 heteroatoms. The molecular formula is C15H17FN2O. The zero-order valence-electron chi connectivity index (χ0n) is 11.2. The van der Waals surface area contributed by atoms with E-state index >= 15 is 0 Å². The Labute approximate surface area is 111 Å². The van der Waals surface area contributed by atoms with E-state index in [1.54, 1.807) is 6.07 Å². The number of ketones is 1. The SMILES string of the molecule is Cc1c(C(=O)CNC2CC2)c2cc(F)ccc2n1C. The Balaban J connectivity index is 2.02. The zero-order valence-corrected chi connectivity index (χ0v) is 11.2. The lowest BCUT2D eigenvalue weighted by Gasteiger charge is -2.03. The molecule has 0 unspecified atom stereocenters. The van der Waals surface area contributed by atoms with Crippen LogP contribution in [0.3, 0.4) is 0 Å². The number of benzene rings is 1. The standard InChI is InChI=1S/C15H17FN2O/c1-9-15(14(19)8-17-11-4-5-11)12-7-10(16)3-6-13(12)18(9)2/h3,6-7,11,17H,4-5,8H2,1-2H3. The second kappa shape index (κ2) is 4.46. The fourth-order valence-corrected chi connectivity index (χ4v) is 2.51. The number of hydrogen-bond acceptors (Lipinski definition) is 2. The van der Waals surface area contributed by atoms with Gasteiger partial charge in [0, 0.05) is 35.2 Å². The summed E-state index contributed by atoms with van der Waals surface area (Å²) in [5.74, 6) is -0.261. The summed E-state index contributed by atoms with van der Waals surface area (Å²) in [6, 6.07) is 5.10. The summed E-state index contributed by atoms with van der Waals surface area (Å²) in [5, 5.41) is 3.93. The van der Waals surface area contributed by atoms with Crippen molar-refractivity contribution in [3.05, 3.63) is 35.3 Å². The molecule has 3 nitrogen and oxygen atoms in total. The van der Waals surface area contributed by atoms with E-state index in [-0.39, 0.29) is 11.6 Å². The van der Waals surface area contributed by atoms with Crippen molar-refractivity contribution in [1.29, 1.82) is 0 Å². The van der Waals surface area contributed by atoms with E-state index in [0.29, 0.717) is 23.5 Å². The first-order chi connectivity index (χ1) is 9.08. The Bertz CT molecular complexity index is 656. The Hall–Kier alpha value is -1.68. The van der Waals surface area contributed by atoms with E-state index in [4.69, 9.17) is 0 Å². The van der Waals surface area contributed by atoms with E-state index in [2.05, 4.69) is 5.32 Å². The third-order valence-corrected chi connectivity index (χ3v) is 3.86. The van der Waals surface area contributed by atoms with Crippen LogP contribution < -0.4 is 5.32 Å². The molecule has 0 aliphatic heterocycles. The van der Waals surface area contributed by atoms with Crippen LogP contribution in [0.15, 0.2) is 18.2 Å². The van der Waals surface area contributed by atoms with Crippen molar-refractivity contribution >= 4 is 16.7 Å². The number of rotatable bonds is 4. The average molecular weight is 260 g/mol. The van der Waals surface area contributed by atoms with Gasteiger partial charge < -0.3 is 9.88 Å². The summed E-state index contributed by atoms with van der Waals surface area (Å²) in [6.45, 7) is 2.24. The van der Waals surface area contributed by atoms with E-state index in [1.807, 2.05) is 18.5 Å². The normalized spacial score (nSPS) is 15.1. The lowest BCUT2D eigenvalue weighted by molar-refractivity contribution is 0.0991. The molecule has 1 aliphatic carbocycles. The van der Waals surface area contributed by atoms with Crippen molar-refractivity contribution < 1.29 is 9.18 Å². The number of carbonyl (C=O) groups excluding carboxylic acids is 1. The molecule has 19 heavy (non-hydrogen) atoms. The molecule has 2 aromatic rings. The number of hydrogen-bond donors (Lipinski definition) is 1. The number of carbonyl (C=O) groups is 1. The Morgan fingerprint density at radius 1 is 1.47 bits per heavy atom. The number of fused-ring (bicyclic) bond motifs is 1. The Morgan fingerprint density at radius 3 is 2.89 bits per heavy atom. The van der Waals surface area contributed by atoms with E-state index in [1.165, 1.54) is 12.1 Å². The molecule has 1 N–H and O–H groups in total. The van der Waals surface area contributed by atoms with Crippen LogP contribution in [0.1, 0.15) is 28.9 Å². The monoisotopic (exact) mass is 260 g/mol. The topological polar surface area (TPSA) is 34.0 Å². The molecule has 1 aliphatic rings. The molecule has 0 spiro atoms. The van der Waals surface area contributed by atoms with Crippen LogP contribution in [0.5, 0.6) is 0 Å². The summed E-state index contributed by atoms with van der Waals surface area (Å²) in [6.07, 6.45) is 2.30.